The third-order valence-electron chi connectivity index (χ3n) is 1.84. The van der Waals surface area contributed by atoms with Crippen molar-refractivity contribution in [3.05, 3.63) is 11.6 Å². The zero-order chi connectivity index (χ0) is 14.0. The second kappa shape index (κ2) is 10.0. The minimum atomic E-state index is -0.520. The normalized spacial score (nSPS) is 10.8. The highest BCUT2D eigenvalue weighted by molar-refractivity contribution is 7.81. The predicted octanol–water partition coefficient (Wildman–Crippen LogP) is 1.30. The summed E-state index contributed by atoms with van der Waals surface area (Å²) in [6.07, 6.45) is 1.14. The number of hydrogen-bond donors (Lipinski definition) is 2. The van der Waals surface area contributed by atoms with E-state index in [1.165, 1.54) is 13.2 Å². The Kier molecular flexibility index (Phi) is 9.49. The second-order valence-corrected chi connectivity index (χ2v) is 3.82. The average molecular weight is 291 g/mol. The summed E-state index contributed by atoms with van der Waals surface area (Å²) >= 11 is 8.12. The molecule has 0 aromatic heterocycles. The van der Waals surface area contributed by atoms with Gasteiger partial charge >= 0.3 is 5.97 Å². The van der Waals surface area contributed by atoms with Gasteiger partial charge in [0, 0.05) is 11.5 Å². The molecule has 0 spiro atoms. The van der Waals surface area contributed by atoms with Crippen molar-refractivity contribution in [2.24, 2.45) is 5.16 Å². The van der Waals surface area contributed by atoms with E-state index < -0.39 is 11.8 Å². The van der Waals surface area contributed by atoms with Gasteiger partial charge in [0.05, 0.1) is 13.0 Å². The largest absolute Gasteiger partial charge is 0.466 e. The fourth-order valence-electron chi connectivity index (χ4n) is 1.03. The van der Waals surface area contributed by atoms with Crippen LogP contribution in [0.2, 0.25) is 0 Å². The van der Waals surface area contributed by atoms with Gasteiger partial charge in [0.15, 0.2) is 0 Å². The molecule has 0 saturated heterocycles. The van der Waals surface area contributed by atoms with Crippen molar-refractivity contribution >= 4 is 42.7 Å². The maximum absolute atomic E-state index is 11.8. The van der Waals surface area contributed by atoms with Crippen LogP contribution in [0.4, 0.5) is 0 Å². The van der Waals surface area contributed by atoms with E-state index in [1.54, 1.807) is 6.92 Å². The van der Waals surface area contributed by atoms with Crippen molar-refractivity contribution in [2.75, 3.05) is 25.2 Å². The first kappa shape index (κ1) is 17.1. The number of carbonyl (C=O) groups is 2. The first-order chi connectivity index (χ1) is 8.58. The predicted molar refractivity (Wildman–Crippen MR) is 76.5 cm³/mol. The fraction of sp³-hybridized carbons (Fsp3) is 0.545. The van der Waals surface area contributed by atoms with Crippen LogP contribution in [0.3, 0.4) is 0 Å². The molecule has 0 aliphatic rings. The summed E-state index contributed by atoms with van der Waals surface area (Å²) in [5.74, 6) is -0.0968. The molecule has 0 saturated carbocycles. The molecule has 0 fully saturated rings. The molecule has 0 bridgehead atoms. The Balaban J connectivity index is 4.81. The van der Waals surface area contributed by atoms with Gasteiger partial charge < -0.3 is 9.57 Å². The molecular weight excluding hydrogens is 274 g/mol. The van der Waals surface area contributed by atoms with E-state index in [9.17, 15) is 9.59 Å². The Bertz CT molecular complexity index is 347. The summed E-state index contributed by atoms with van der Waals surface area (Å²) < 4.78 is 4.75. The number of thiol groups is 2. The van der Waals surface area contributed by atoms with Crippen molar-refractivity contribution in [3.8, 4) is 0 Å². The smallest absolute Gasteiger partial charge is 0.312 e. The van der Waals surface area contributed by atoms with Gasteiger partial charge in [-0.15, -0.1) is 0 Å². The van der Waals surface area contributed by atoms with Crippen LogP contribution in [-0.4, -0.2) is 42.7 Å². The topological polar surface area (TPSA) is 65.0 Å². The molecule has 0 N–H and O–H groups in total. The van der Waals surface area contributed by atoms with Gasteiger partial charge in [0.1, 0.15) is 12.8 Å². The number of ether oxygens (including phenoxy) is 1. The molecule has 7 heteroatoms. The van der Waals surface area contributed by atoms with Crippen LogP contribution >= 0.6 is 25.3 Å². The Hall–Kier alpha value is -0.950. The van der Waals surface area contributed by atoms with E-state index in [4.69, 9.17) is 4.74 Å². The summed E-state index contributed by atoms with van der Waals surface area (Å²) in [6.45, 7) is 1.94. The molecule has 0 heterocycles. The van der Waals surface area contributed by atoms with Crippen molar-refractivity contribution in [1.82, 2.24) is 0 Å². The molecule has 18 heavy (non-hydrogen) atoms. The zero-order valence-electron chi connectivity index (χ0n) is 10.4. The molecule has 0 atom stereocenters. The molecular formula is C11H17NO4S2. The van der Waals surface area contributed by atoms with Gasteiger partial charge in [0.2, 0.25) is 5.78 Å². The van der Waals surface area contributed by atoms with Crippen LogP contribution in [0.25, 0.3) is 0 Å². The van der Waals surface area contributed by atoms with Gasteiger partial charge in [0.25, 0.3) is 0 Å². The first-order valence-corrected chi connectivity index (χ1v) is 6.56. The third-order valence-corrected chi connectivity index (χ3v) is 2.66. The van der Waals surface area contributed by atoms with Crippen LogP contribution in [0.5, 0.6) is 0 Å². The molecule has 0 rings (SSSR count). The number of hydrogen-bond acceptors (Lipinski definition) is 7. The second-order valence-electron chi connectivity index (χ2n) is 3.19. The molecule has 0 radical (unpaired) electrons. The molecule has 102 valence electrons. The number of rotatable bonds is 8. The Morgan fingerprint density at radius 1 is 1.28 bits per heavy atom. The van der Waals surface area contributed by atoms with Gasteiger partial charge in [-0.3, -0.25) is 9.59 Å². The number of oxime groups is 1. The molecule has 0 aliphatic heterocycles. The lowest BCUT2D eigenvalue weighted by Gasteiger charge is -2.04. The van der Waals surface area contributed by atoms with Crippen molar-refractivity contribution in [2.45, 2.75) is 13.3 Å². The minimum absolute atomic E-state index is 0.00276. The number of esters is 1. The Morgan fingerprint density at radius 2 is 1.89 bits per heavy atom. The van der Waals surface area contributed by atoms with Gasteiger partial charge in [-0.25, -0.2) is 0 Å². The Morgan fingerprint density at radius 3 is 2.33 bits per heavy atom. The molecule has 0 aromatic rings. The van der Waals surface area contributed by atoms with Crippen LogP contribution in [0.1, 0.15) is 13.3 Å². The highest BCUT2D eigenvalue weighted by Crippen LogP contribution is 2.03. The van der Waals surface area contributed by atoms with E-state index in [0.717, 1.165) is 5.57 Å². The summed E-state index contributed by atoms with van der Waals surface area (Å²) in [4.78, 5) is 27.7. The van der Waals surface area contributed by atoms with Crippen molar-refractivity contribution < 1.29 is 19.2 Å². The molecule has 0 aliphatic carbocycles. The average Bonchev–Trinajstić information content (AvgIpc) is 2.35. The number of nitrogens with zero attached hydrogens (tertiary/aromatic N) is 1. The van der Waals surface area contributed by atoms with E-state index in [1.807, 2.05) is 0 Å². The summed E-state index contributed by atoms with van der Waals surface area (Å²) in [5, 5.41) is 3.54. The fourth-order valence-corrected chi connectivity index (χ4v) is 1.62. The molecule has 0 unspecified atom stereocenters. The van der Waals surface area contributed by atoms with Gasteiger partial charge in [-0.1, -0.05) is 5.16 Å². The van der Waals surface area contributed by atoms with Crippen molar-refractivity contribution in [1.29, 1.82) is 0 Å². The number of allylic oxidation sites excluding steroid dienone is 1. The van der Waals surface area contributed by atoms with E-state index in [0.29, 0.717) is 11.5 Å². The maximum atomic E-state index is 11.8. The quantitative estimate of drug-likeness (QED) is 0.233. The highest BCUT2D eigenvalue weighted by Gasteiger charge is 2.16. The van der Waals surface area contributed by atoms with Crippen LogP contribution in [0, 0.1) is 0 Å². The Labute approximate surface area is 117 Å². The number of ketones is 1. The van der Waals surface area contributed by atoms with Gasteiger partial charge in [-0.2, -0.15) is 25.3 Å². The maximum Gasteiger partial charge on any atom is 0.312 e. The monoisotopic (exact) mass is 291 g/mol. The SMILES string of the molecule is CCOC(=O)C/C(=N/OC)C(=O)C=C(CS)CS. The lowest BCUT2D eigenvalue weighted by Crippen LogP contribution is -2.19. The van der Waals surface area contributed by atoms with Gasteiger partial charge in [-0.05, 0) is 18.6 Å². The molecule has 5 nitrogen and oxygen atoms in total. The molecule has 0 amide bonds. The lowest BCUT2D eigenvalue weighted by molar-refractivity contribution is -0.141. The van der Waals surface area contributed by atoms with Crippen molar-refractivity contribution in [3.63, 3.8) is 0 Å². The van der Waals surface area contributed by atoms with E-state index >= 15 is 0 Å². The van der Waals surface area contributed by atoms with Crippen LogP contribution in [0.15, 0.2) is 16.8 Å². The number of carbonyl (C=O) groups excluding carboxylic acids is 2. The van der Waals surface area contributed by atoms with E-state index in [2.05, 4.69) is 35.3 Å². The lowest BCUT2D eigenvalue weighted by atomic mass is 10.1. The third kappa shape index (κ3) is 6.70. The molecule has 0 aromatic carbocycles. The van der Waals surface area contributed by atoms with Crippen LogP contribution < -0.4 is 0 Å². The van der Waals surface area contributed by atoms with E-state index in [-0.39, 0.29) is 18.7 Å². The minimum Gasteiger partial charge on any atom is -0.466 e. The summed E-state index contributed by atoms with van der Waals surface area (Å²) in [7, 11) is 1.31. The first-order valence-electron chi connectivity index (χ1n) is 5.30. The standard InChI is InChI=1S/C11H17NO4S2/c1-3-16-11(14)5-9(12-15-2)10(13)4-8(6-17)7-18/h4,17-18H,3,5-7H2,1-2H3/b12-9-. The zero-order valence-corrected chi connectivity index (χ0v) is 12.2. The van der Waals surface area contributed by atoms with Crippen LogP contribution in [-0.2, 0) is 19.2 Å². The summed E-state index contributed by atoms with van der Waals surface area (Å²) in [5.41, 5.74) is 0.733. The highest BCUT2D eigenvalue weighted by atomic mass is 32.1. The summed E-state index contributed by atoms with van der Waals surface area (Å²) in [6, 6.07) is 0.